The minimum atomic E-state index is -3.80. The first-order chi connectivity index (χ1) is 5.95. The molecule has 0 aliphatic heterocycles. The molecule has 0 saturated heterocycles. The van der Waals surface area contributed by atoms with Gasteiger partial charge in [-0.2, -0.15) is 0 Å². The number of anilines is 1. The average Bonchev–Trinajstić information content (AvgIpc) is 2.03. The van der Waals surface area contributed by atoms with E-state index in [-0.39, 0.29) is 10.7 Å². The summed E-state index contributed by atoms with van der Waals surface area (Å²) < 4.78 is 22.5. The molecular weight excluding hydrogens is 260 g/mol. The highest BCUT2D eigenvalue weighted by Crippen LogP contribution is 2.20. The van der Waals surface area contributed by atoms with E-state index in [1.165, 1.54) is 12.3 Å². The summed E-state index contributed by atoms with van der Waals surface area (Å²) in [4.78, 5) is 3.57. The Labute approximate surface area is 83.5 Å². The molecule has 1 aromatic rings. The third-order valence-corrected chi connectivity index (χ3v) is 2.62. The van der Waals surface area contributed by atoms with Gasteiger partial charge in [-0.05, 0) is 22.0 Å². The Morgan fingerprint density at radius 3 is 2.62 bits per heavy atom. The van der Waals surface area contributed by atoms with E-state index in [4.69, 9.17) is 11.0 Å². The molecule has 0 saturated carbocycles. The molecule has 0 unspecified atom stereocenters. The van der Waals surface area contributed by atoms with Crippen LogP contribution >= 0.6 is 15.9 Å². The third kappa shape index (κ3) is 2.37. The summed E-state index contributed by atoms with van der Waals surface area (Å²) in [6, 6.07) is 1.32. The molecule has 0 radical (unpaired) electrons. The molecule has 0 amide bonds. The zero-order chi connectivity index (χ0) is 10.1. The summed E-state index contributed by atoms with van der Waals surface area (Å²) in [5, 5.41) is 4.92. The number of aromatic nitrogens is 1. The van der Waals surface area contributed by atoms with Crippen LogP contribution in [0.1, 0.15) is 0 Å². The van der Waals surface area contributed by atoms with Crippen LogP contribution in [-0.4, -0.2) is 13.4 Å². The molecule has 13 heavy (non-hydrogen) atoms. The molecule has 1 aromatic heterocycles. The predicted molar refractivity (Wildman–Crippen MR) is 51.1 cm³/mol. The highest BCUT2D eigenvalue weighted by molar-refractivity contribution is 9.10. The van der Waals surface area contributed by atoms with Gasteiger partial charge in [0.2, 0.25) is 10.0 Å². The number of nitrogens with zero attached hydrogens (tertiary/aromatic N) is 1. The SMILES string of the molecule is NNc1ncc(Br)cc1S(N)(=O)=O. The number of hydrogen-bond acceptors (Lipinski definition) is 5. The van der Waals surface area contributed by atoms with Gasteiger partial charge in [0.05, 0.1) is 0 Å². The third-order valence-electron chi connectivity index (χ3n) is 1.26. The zero-order valence-electron chi connectivity index (χ0n) is 6.36. The standard InChI is InChI=1S/C5H7BrN4O2S/c6-3-1-4(13(8,11)12)5(10-7)9-2-3/h1-2H,7H2,(H,9,10)(H2,8,11,12). The van der Waals surface area contributed by atoms with E-state index in [0.29, 0.717) is 4.47 Å². The maximum Gasteiger partial charge on any atom is 0.241 e. The van der Waals surface area contributed by atoms with Gasteiger partial charge < -0.3 is 5.43 Å². The zero-order valence-corrected chi connectivity index (χ0v) is 8.76. The first kappa shape index (κ1) is 10.4. The van der Waals surface area contributed by atoms with Gasteiger partial charge in [-0.15, -0.1) is 0 Å². The van der Waals surface area contributed by atoms with Crippen molar-refractivity contribution in [3.63, 3.8) is 0 Å². The summed E-state index contributed by atoms with van der Waals surface area (Å²) in [6.45, 7) is 0. The van der Waals surface area contributed by atoms with Crippen LogP contribution in [0.5, 0.6) is 0 Å². The largest absolute Gasteiger partial charge is 0.307 e. The van der Waals surface area contributed by atoms with Crippen LogP contribution in [-0.2, 0) is 10.0 Å². The molecule has 0 aliphatic carbocycles. The molecular formula is C5H7BrN4O2S. The topological polar surface area (TPSA) is 111 Å². The lowest BCUT2D eigenvalue weighted by Gasteiger charge is -2.05. The molecule has 0 spiro atoms. The van der Waals surface area contributed by atoms with Crippen molar-refractivity contribution in [1.82, 2.24) is 4.98 Å². The maximum absolute atomic E-state index is 11.0. The quantitative estimate of drug-likeness (QED) is 0.506. The molecule has 6 nitrogen and oxygen atoms in total. The number of hydrazine groups is 1. The second kappa shape index (κ2) is 3.58. The smallest absolute Gasteiger partial charge is 0.241 e. The molecule has 0 aliphatic rings. The number of nitrogens with two attached hydrogens (primary N) is 2. The van der Waals surface area contributed by atoms with Crippen molar-refractivity contribution in [2.45, 2.75) is 4.90 Å². The van der Waals surface area contributed by atoms with Crippen LogP contribution in [0, 0.1) is 0 Å². The number of primary sulfonamides is 1. The van der Waals surface area contributed by atoms with E-state index < -0.39 is 10.0 Å². The van der Waals surface area contributed by atoms with Gasteiger partial charge in [0.25, 0.3) is 0 Å². The Balaban J connectivity index is 3.41. The van der Waals surface area contributed by atoms with Crippen LogP contribution in [0.25, 0.3) is 0 Å². The van der Waals surface area contributed by atoms with Gasteiger partial charge in [0.1, 0.15) is 4.90 Å². The van der Waals surface area contributed by atoms with Gasteiger partial charge in [0.15, 0.2) is 5.82 Å². The monoisotopic (exact) mass is 266 g/mol. The number of nitrogen functional groups attached to an aromatic ring is 1. The van der Waals surface area contributed by atoms with Crippen molar-refractivity contribution in [3.05, 3.63) is 16.7 Å². The predicted octanol–water partition coefficient (Wildman–Crippen LogP) is -0.223. The maximum atomic E-state index is 11.0. The van der Waals surface area contributed by atoms with Gasteiger partial charge in [-0.1, -0.05) is 0 Å². The van der Waals surface area contributed by atoms with Crippen molar-refractivity contribution in [2.75, 3.05) is 5.43 Å². The summed E-state index contributed by atoms with van der Waals surface area (Å²) in [5.41, 5.74) is 2.14. The lowest BCUT2D eigenvalue weighted by atomic mass is 10.5. The fourth-order valence-corrected chi connectivity index (χ4v) is 1.90. The molecule has 5 N–H and O–H groups in total. The summed E-state index contributed by atoms with van der Waals surface area (Å²) in [6.07, 6.45) is 1.41. The molecule has 1 rings (SSSR count). The van der Waals surface area contributed by atoms with Crippen LogP contribution in [0.3, 0.4) is 0 Å². The Kier molecular flexibility index (Phi) is 2.86. The first-order valence-corrected chi connectivity index (χ1v) is 5.44. The van der Waals surface area contributed by atoms with Gasteiger partial charge >= 0.3 is 0 Å². The molecule has 0 fully saturated rings. The highest BCUT2D eigenvalue weighted by Gasteiger charge is 2.14. The van der Waals surface area contributed by atoms with Crippen molar-refractivity contribution < 1.29 is 8.42 Å². The molecule has 1 heterocycles. The normalized spacial score (nSPS) is 11.3. The molecule has 0 aromatic carbocycles. The van der Waals surface area contributed by atoms with E-state index in [1.54, 1.807) is 0 Å². The van der Waals surface area contributed by atoms with Crippen molar-refractivity contribution in [1.29, 1.82) is 0 Å². The van der Waals surface area contributed by atoms with Gasteiger partial charge in [0, 0.05) is 10.7 Å². The van der Waals surface area contributed by atoms with Crippen LogP contribution < -0.4 is 16.4 Å². The minimum Gasteiger partial charge on any atom is -0.307 e. The fourth-order valence-electron chi connectivity index (χ4n) is 0.746. The molecule has 0 atom stereocenters. The fraction of sp³-hybridized carbons (Fsp3) is 0. The number of sulfonamides is 1. The van der Waals surface area contributed by atoms with E-state index in [9.17, 15) is 8.42 Å². The van der Waals surface area contributed by atoms with Gasteiger partial charge in [-0.3, -0.25) is 0 Å². The number of halogens is 1. The van der Waals surface area contributed by atoms with Crippen LogP contribution in [0.4, 0.5) is 5.82 Å². The second-order valence-electron chi connectivity index (χ2n) is 2.19. The number of rotatable bonds is 2. The number of pyridine rings is 1. The average molecular weight is 267 g/mol. The first-order valence-electron chi connectivity index (χ1n) is 3.10. The molecule has 72 valence electrons. The summed E-state index contributed by atoms with van der Waals surface area (Å²) >= 11 is 3.07. The Bertz CT molecular complexity index is 419. The lowest BCUT2D eigenvalue weighted by molar-refractivity contribution is 0.597. The van der Waals surface area contributed by atoms with E-state index >= 15 is 0 Å². The highest BCUT2D eigenvalue weighted by atomic mass is 79.9. The van der Waals surface area contributed by atoms with Crippen LogP contribution in [0.2, 0.25) is 0 Å². The molecule has 8 heteroatoms. The van der Waals surface area contributed by atoms with Crippen molar-refractivity contribution in [3.8, 4) is 0 Å². The number of hydrogen-bond donors (Lipinski definition) is 3. The van der Waals surface area contributed by atoms with Crippen molar-refractivity contribution >= 4 is 31.8 Å². The Morgan fingerprint density at radius 1 is 1.54 bits per heavy atom. The van der Waals surface area contributed by atoms with E-state index in [1.807, 2.05) is 0 Å². The van der Waals surface area contributed by atoms with Gasteiger partial charge in [-0.25, -0.2) is 24.4 Å². The van der Waals surface area contributed by atoms with Crippen LogP contribution in [0.15, 0.2) is 21.6 Å². The summed E-state index contributed by atoms with van der Waals surface area (Å²) in [5.74, 6) is 5.07. The minimum absolute atomic E-state index is 0.0192. The van der Waals surface area contributed by atoms with E-state index in [2.05, 4.69) is 26.3 Å². The second-order valence-corrected chi connectivity index (χ2v) is 4.64. The lowest BCUT2D eigenvalue weighted by Crippen LogP contribution is -2.18. The molecule has 0 bridgehead atoms. The summed E-state index contributed by atoms with van der Waals surface area (Å²) in [7, 11) is -3.80. The Morgan fingerprint density at radius 2 is 2.15 bits per heavy atom. The Hall–Kier alpha value is -0.700. The van der Waals surface area contributed by atoms with E-state index in [0.717, 1.165) is 0 Å². The number of nitrogens with one attached hydrogen (secondary N) is 1. The van der Waals surface area contributed by atoms with Crippen molar-refractivity contribution in [2.24, 2.45) is 11.0 Å².